The van der Waals surface area contributed by atoms with Crippen LogP contribution in [0, 0.1) is 23.2 Å². The lowest BCUT2D eigenvalue weighted by molar-refractivity contribution is -0.0951. The van der Waals surface area contributed by atoms with Gasteiger partial charge < -0.3 is 9.84 Å². The van der Waals surface area contributed by atoms with E-state index in [2.05, 4.69) is 4.74 Å². The van der Waals surface area contributed by atoms with E-state index in [1.807, 2.05) is 91.0 Å². The number of halogens is 3. The van der Waals surface area contributed by atoms with Gasteiger partial charge in [0.2, 0.25) is 0 Å². The van der Waals surface area contributed by atoms with Gasteiger partial charge in [0, 0.05) is 14.7 Å². The second-order valence-corrected chi connectivity index (χ2v) is 16.4. The van der Waals surface area contributed by atoms with Crippen LogP contribution in [-0.4, -0.2) is 42.6 Å². The first kappa shape index (κ1) is 32.0. The summed E-state index contributed by atoms with van der Waals surface area (Å²) in [6.45, 7) is -1.78. The number of hydrogen-bond acceptors (Lipinski definition) is 4. The minimum absolute atomic E-state index is 0.100. The van der Waals surface area contributed by atoms with Crippen LogP contribution in [-0.2, 0) is 14.9 Å². The standard InChI is InChI=1S/C18H15FS.C15H24F2O5S/c19-20(16-10-4-1-5-11-16,17-12-6-2-7-13-17)18-14-8-3-9-15-18;16-15(17,23(19,20)21)9-22-8-13(18)7-14-4-10-1-11(5-14)3-12(2-10)6-14/h1-15H;10-13,18H,1-9H2,(H,19,20,21). The Kier molecular flexibility index (Phi) is 9.63. The highest BCUT2D eigenvalue weighted by atomic mass is 32.3. The fourth-order valence-electron chi connectivity index (χ4n) is 7.72. The van der Waals surface area contributed by atoms with Gasteiger partial charge in [0.25, 0.3) is 0 Å². The third-order valence-corrected chi connectivity index (χ3v) is 12.6. The Labute approximate surface area is 253 Å². The molecule has 4 aliphatic rings. The normalized spacial score (nSPS) is 25.9. The van der Waals surface area contributed by atoms with Gasteiger partial charge in [-0.05, 0) is 115 Å². The smallest absolute Gasteiger partial charge is 0.391 e. The average molecular weight is 637 g/mol. The van der Waals surface area contributed by atoms with E-state index in [9.17, 15) is 22.3 Å². The zero-order valence-electron chi connectivity index (χ0n) is 23.9. The Morgan fingerprint density at radius 3 is 1.49 bits per heavy atom. The van der Waals surface area contributed by atoms with Crippen molar-refractivity contribution in [1.29, 1.82) is 0 Å². The molecule has 0 amide bonds. The van der Waals surface area contributed by atoms with E-state index in [0.717, 1.165) is 51.7 Å². The number of aliphatic hydroxyl groups excluding tert-OH is 1. The summed E-state index contributed by atoms with van der Waals surface area (Å²) in [6, 6.07) is 28.3. The highest BCUT2D eigenvalue weighted by Gasteiger charge is 2.51. The van der Waals surface area contributed by atoms with Crippen molar-refractivity contribution in [3.05, 3.63) is 91.0 Å². The monoisotopic (exact) mass is 636 g/mol. The number of aliphatic hydroxyl groups is 1. The lowest BCUT2D eigenvalue weighted by atomic mass is 9.48. The summed E-state index contributed by atoms with van der Waals surface area (Å²) in [4.78, 5) is 2.20. The summed E-state index contributed by atoms with van der Waals surface area (Å²) < 4.78 is 76.2. The maximum atomic E-state index is 16.1. The molecule has 2 N–H and O–H groups in total. The van der Waals surface area contributed by atoms with Crippen molar-refractivity contribution < 1.29 is 35.5 Å². The zero-order valence-corrected chi connectivity index (χ0v) is 25.5. The zero-order chi connectivity index (χ0) is 30.7. The molecule has 4 fully saturated rings. The van der Waals surface area contributed by atoms with Crippen molar-refractivity contribution in [2.75, 3.05) is 13.2 Å². The molecule has 4 saturated carbocycles. The number of rotatable bonds is 10. The molecule has 0 heterocycles. The molecule has 1 unspecified atom stereocenters. The largest absolute Gasteiger partial charge is 0.392 e. The van der Waals surface area contributed by atoms with Gasteiger partial charge in [-0.15, -0.1) is 0 Å². The van der Waals surface area contributed by atoms with Gasteiger partial charge in [-0.1, -0.05) is 54.6 Å². The van der Waals surface area contributed by atoms with Crippen molar-refractivity contribution in [3.63, 3.8) is 0 Å². The third kappa shape index (κ3) is 7.31. The molecule has 5 nitrogen and oxygen atoms in total. The van der Waals surface area contributed by atoms with Gasteiger partial charge >= 0.3 is 15.4 Å². The Morgan fingerprint density at radius 2 is 1.14 bits per heavy atom. The van der Waals surface area contributed by atoms with Crippen LogP contribution in [0.1, 0.15) is 44.9 Å². The maximum absolute atomic E-state index is 16.1. The van der Waals surface area contributed by atoms with Crippen LogP contribution in [0.15, 0.2) is 106 Å². The predicted octanol–water partition coefficient (Wildman–Crippen LogP) is 8.30. The maximum Gasteiger partial charge on any atom is 0.392 e. The van der Waals surface area contributed by atoms with Crippen LogP contribution in [0.3, 0.4) is 0 Å². The molecule has 43 heavy (non-hydrogen) atoms. The van der Waals surface area contributed by atoms with E-state index < -0.39 is 38.5 Å². The second-order valence-electron chi connectivity index (χ2n) is 12.4. The third-order valence-electron chi connectivity index (χ3n) is 9.00. The average Bonchev–Trinajstić information content (AvgIpc) is 2.97. The summed E-state index contributed by atoms with van der Waals surface area (Å²) in [5.74, 6) is 2.20. The van der Waals surface area contributed by atoms with Crippen LogP contribution in [0.5, 0.6) is 0 Å². The Hall–Kier alpha value is -2.37. The molecule has 7 rings (SSSR count). The van der Waals surface area contributed by atoms with Crippen molar-refractivity contribution >= 4 is 20.5 Å². The molecule has 10 heteroatoms. The van der Waals surface area contributed by atoms with Gasteiger partial charge in [0.1, 0.15) is 6.61 Å². The molecule has 0 aliphatic heterocycles. The molecule has 4 bridgehead atoms. The molecular weight excluding hydrogens is 597 g/mol. The first-order valence-corrected chi connectivity index (χ1v) is 17.7. The summed E-state index contributed by atoms with van der Waals surface area (Å²) in [7, 11) is -8.16. The molecule has 0 aromatic heterocycles. The van der Waals surface area contributed by atoms with Crippen molar-refractivity contribution in [3.8, 4) is 0 Å². The lowest BCUT2D eigenvalue weighted by Gasteiger charge is -2.57. The minimum Gasteiger partial charge on any atom is -0.391 e. The fourth-order valence-corrected chi connectivity index (χ4v) is 10.4. The predicted molar refractivity (Wildman–Crippen MR) is 161 cm³/mol. The van der Waals surface area contributed by atoms with Crippen molar-refractivity contribution in [1.82, 2.24) is 0 Å². The van der Waals surface area contributed by atoms with Gasteiger partial charge in [-0.25, -0.2) is 0 Å². The lowest BCUT2D eigenvalue weighted by Crippen LogP contribution is -2.47. The summed E-state index contributed by atoms with van der Waals surface area (Å²) in [5, 5.41) is 5.79. The van der Waals surface area contributed by atoms with E-state index >= 15 is 3.89 Å². The molecule has 4 aliphatic carbocycles. The number of benzene rings is 3. The quantitative estimate of drug-likeness (QED) is 0.219. The van der Waals surface area contributed by atoms with Gasteiger partial charge in [-0.2, -0.15) is 21.1 Å². The molecule has 1 atom stereocenters. The van der Waals surface area contributed by atoms with Crippen molar-refractivity contribution in [2.45, 2.75) is 71.0 Å². The first-order valence-electron chi connectivity index (χ1n) is 14.7. The molecule has 234 valence electrons. The highest BCUT2D eigenvalue weighted by Crippen LogP contribution is 2.69. The summed E-state index contributed by atoms with van der Waals surface area (Å²) >= 11 is 0. The van der Waals surface area contributed by atoms with Crippen LogP contribution >= 0.6 is 10.4 Å². The summed E-state index contributed by atoms with van der Waals surface area (Å²) in [6.07, 6.45) is 6.77. The van der Waals surface area contributed by atoms with Gasteiger partial charge in [0.15, 0.2) is 0 Å². The SMILES string of the molecule is FS(c1ccccc1)(c1ccccc1)c1ccccc1.O=S(=O)(O)C(F)(F)COCC(O)CC12CC3CC(CC(C3)C1)C2. The van der Waals surface area contributed by atoms with E-state index in [0.29, 0.717) is 6.42 Å². The molecule has 3 aromatic carbocycles. The van der Waals surface area contributed by atoms with E-state index in [-0.39, 0.29) is 12.0 Å². The van der Waals surface area contributed by atoms with Crippen LogP contribution in [0.25, 0.3) is 0 Å². The Balaban J connectivity index is 0.000000173. The number of alkyl halides is 2. The van der Waals surface area contributed by atoms with E-state index in [4.69, 9.17) is 4.55 Å². The molecule has 0 spiro atoms. The number of ether oxygens (including phenoxy) is 1. The van der Waals surface area contributed by atoms with Crippen LogP contribution in [0.2, 0.25) is 0 Å². The van der Waals surface area contributed by atoms with E-state index in [1.54, 1.807) is 0 Å². The Bertz CT molecular complexity index is 1310. The minimum atomic E-state index is -5.48. The highest BCUT2D eigenvalue weighted by molar-refractivity contribution is 8.29. The van der Waals surface area contributed by atoms with Crippen LogP contribution < -0.4 is 0 Å². The molecule has 0 saturated heterocycles. The van der Waals surface area contributed by atoms with Crippen molar-refractivity contribution in [2.24, 2.45) is 23.2 Å². The van der Waals surface area contributed by atoms with Crippen LogP contribution in [0.4, 0.5) is 12.7 Å². The van der Waals surface area contributed by atoms with E-state index in [1.165, 1.54) is 19.3 Å². The fraction of sp³-hybridized carbons (Fsp3) is 0.455. The molecule has 0 radical (unpaired) electrons. The molecular formula is C33H39F3O5S2. The molecule has 3 aromatic rings. The Morgan fingerprint density at radius 1 is 0.767 bits per heavy atom. The second kappa shape index (κ2) is 12.9. The topological polar surface area (TPSA) is 83.8 Å². The first-order chi connectivity index (χ1) is 20.4. The number of hydrogen-bond donors (Lipinski definition) is 2. The summed E-state index contributed by atoms with van der Waals surface area (Å²) in [5.41, 5.74) is 0.100. The van der Waals surface area contributed by atoms with Gasteiger partial charge in [-0.3, -0.25) is 4.55 Å². The van der Waals surface area contributed by atoms with Gasteiger partial charge in [0.05, 0.1) is 12.7 Å².